The Balaban J connectivity index is 1.35. The summed E-state index contributed by atoms with van der Waals surface area (Å²) in [7, 11) is 1.61. The molecule has 7 nitrogen and oxygen atoms in total. The summed E-state index contributed by atoms with van der Waals surface area (Å²) in [5.41, 5.74) is 2.39. The van der Waals surface area contributed by atoms with Crippen LogP contribution in [0.4, 0.5) is 0 Å². The quantitative estimate of drug-likeness (QED) is 0.794. The number of methoxy groups -OCH3 is 1. The first kappa shape index (κ1) is 19.9. The summed E-state index contributed by atoms with van der Waals surface area (Å²) >= 11 is 0. The minimum Gasteiger partial charge on any atom is -0.497 e. The molecule has 1 N–H and O–H groups in total. The van der Waals surface area contributed by atoms with Crippen LogP contribution < -0.4 is 10.1 Å². The van der Waals surface area contributed by atoms with Crippen LogP contribution in [-0.2, 0) is 22.7 Å². The third-order valence-electron chi connectivity index (χ3n) is 5.67. The van der Waals surface area contributed by atoms with Crippen LogP contribution in [0.25, 0.3) is 0 Å². The highest BCUT2D eigenvalue weighted by molar-refractivity contribution is 5.95. The van der Waals surface area contributed by atoms with Gasteiger partial charge in [0.2, 0.25) is 11.8 Å². The zero-order valence-electron chi connectivity index (χ0n) is 17.0. The number of fused-ring (bicyclic) bond motifs is 1. The van der Waals surface area contributed by atoms with Crippen LogP contribution in [-0.4, -0.2) is 53.8 Å². The molecule has 0 aliphatic carbocycles. The first-order valence-electron chi connectivity index (χ1n) is 10.1. The van der Waals surface area contributed by atoms with E-state index in [1.807, 2.05) is 36.4 Å². The predicted octanol–water partition coefficient (Wildman–Crippen LogP) is 1.96. The third kappa shape index (κ3) is 4.15. The van der Waals surface area contributed by atoms with Gasteiger partial charge in [-0.05, 0) is 48.2 Å². The maximum atomic E-state index is 12.7. The predicted molar refractivity (Wildman–Crippen MR) is 111 cm³/mol. The van der Waals surface area contributed by atoms with Gasteiger partial charge in [0.25, 0.3) is 5.91 Å². The Bertz CT molecular complexity index is 957. The highest BCUT2D eigenvalue weighted by atomic mass is 16.5. The molecule has 0 saturated carbocycles. The molecule has 2 aromatic carbocycles. The number of nitrogens with one attached hydrogen (secondary N) is 1. The lowest BCUT2D eigenvalue weighted by molar-refractivity contribution is -0.154. The number of rotatable bonds is 6. The lowest BCUT2D eigenvalue weighted by Gasteiger charge is -2.36. The van der Waals surface area contributed by atoms with Crippen LogP contribution in [0, 0.1) is 0 Å². The molecule has 2 fully saturated rings. The first-order valence-corrected chi connectivity index (χ1v) is 10.1. The second-order valence-corrected chi connectivity index (χ2v) is 7.67. The van der Waals surface area contributed by atoms with E-state index in [4.69, 9.17) is 4.74 Å². The van der Waals surface area contributed by atoms with Crippen molar-refractivity contribution in [1.82, 2.24) is 15.1 Å². The topological polar surface area (TPSA) is 79.0 Å². The van der Waals surface area contributed by atoms with Gasteiger partial charge in [-0.3, -0.25) is 14.4 Å². The molecule has 7 heteroatoms. The molecule has 30 heavy (non-hydrogen) atoms. The number of hydrogen-bond donors (Lipinski definition) is 1. The maximum Gasteiger partial charge on any atom is 0.251 e. The minimum atomic E-state index is -0.298. The van der Waals surface area contributed by atoms with Crippen LogP contribution in [0.15, 0.2) is 48.5 Å². The van der Waals surface area contributed by atoms with Gasteiger partial charge >= 0.3 is 0 Å². The molecular formula is C23H25N3O4. The fourth-order valence-corrected chi connectivity index (χ4v) is 4.05. The molecule has 2 aromatic rings. The lowest BCUT2D eigenvalue weighted by atomic mass is 10.1. The number of carbonyl (C=O) groups excluding carboxylic acids is 3. The van der Waals surface area contributed by atoms with Crippen molar-refractivity contribution < 1.29 is 19.1 Å². The molecule has 2 saturated heterocycles. The fourth-order valence-electron chi connectivity index (χ4n) is 4.05. The van der Waals surface area contributed by atoms with Crippen molar-refractivity contribution in [3.63, 3.8) is 0 Å². The zero-order valence-corrected chi connectivity index (χ0v) is 17.0. The standard InChI is InChI=1S/C23H25N3O4/c1-30-19-5-2-4-17(12-19)13-24-22(28)18-9-7-16(8-10-18)14-25-15-21(27)26-11-3-6-20(26)23(25)29/h2,4-5,7-10,12,20H,3,6,11,13-15H2,1H3,(H,24,28)/t20-/m1/s1. The number of carbonyl (C=O) groups is 3. The van der Waals surface area contributed by atoms with E-state index in [2.05, 4.69) is 5.32 Å². The molecule has 156 valence electrons. The van der Waals surface area contributed by atoms with E-state index in [1.165, 1.54) is 0 Å². The summed E-state index contributed by atoms with van der Waals surface area (Å²) in [5, 5.41) is 2.90. The van der Waals surface area contributed by atoms with Crippen molar-refractivity contribution in [3.05, 3.63) is 65.2 Å². The van der Waals surface area contributed by atoms with Gasteiger partial charge in [0.05, 0.1) is 7.11 Å². The average Bonchev–Trinajstić information content (AvgIpc) is 3.27. The number of piperazine rings is 1. The minimum absolute atomic E-state index is 0.0191. The van der Waals surface area contributed by atoms with Gasteiger partial charge in [0.15, 0.2) is 0 Å². The van der Waals surface area contributed by atoms with Crippen LogP contribution in [0.1, 0.15) is 34.3 Å². The molecule has 2 aliphatic heterocycles. The summed E-state index contributed by atoms with van der Waals surface area (Å²) in [6.45, 7) is 1.58. The molecule has 3 amide bonds. The van der Waals surface area contributed by atoms with Crippen molar-refractivity contribution in [3.8, 4) is 5.75 Å². The Morgan fingerprint density at radius 1 is 1.13 bits per heavy atom. The average molecular weight is 407 g/mol. The van der Waals surface area contributed by atoms with E-state index in [1.54, 1.807) is 29.0 Å². The summed E-state index contributed by atoms with van der Waals surface area (Å²) in [6, 6.07) is 14.4. The van der Waals surface area contributed by atoms with Crippen molar-refractivity contribution in [2.75, 3.05) is 20.2 Å². The molecule has 0 bridgehead atoms. The van der Waals surface area contributed by atoms with E-state index < -0.39 is 0 Å². The van der Waals surface area contributed by atoms with E-state index in [-0.39, 0.29) is 30.3 Å². The number of amides is 3. The number of ether oxygens (including phenoxy) is 1. The smallest absolute Gasteiger partial charge is 0.251 e. The second kappa shape index (κ2) is 8.57. The maximum absolute atomic E-state index is 12.7. The van der Waals surface area contributed by atoms with Gasteiger partial charge in [-0.2, -0.15) is 0 Å². The highest BCUT2D eigenvalue weighted by Gasteiger charge is 2.41. The normalized spacial score (nSPS) is 18.4. The van der Waals surface area contributed by atoms with E-state index >= 15 is 0 Å². The van der Waals surface area contributed by atoms with Gasteiger partial charge in [-0.15, -0.1) is 0 Å². The van der Waals surface area contributed by atoms with E-state index in [0.29, 0.717) is 25.2 Å². The van der Waals surface area contributed by atoms with Gasteiger partial charge in [-0.1, -0.05) is 24.3 Å². The number of hydrogen-bond acceptors (Lipinski definition) is 4. The van der Waals surface area contributed by atoms with Crippen molar-refractivity contribution in [1.29, 1.82) is 0 Å². The molecule has 2 aliphatic rings. The summed E-state index contributed by atoms with van der Waals surface area (Å²) < 4.78 is 5.19. The zero-order chi connectivity index (χ0) is 21.1. The highest BCUT2D eigenvalue weighted by Crippen LogP contribution is 2.24. The van der Waals surface area contributed by atoms with Gasteiger partial charge in [0.1, 0.15) is 18.3 Å². The van der Waals surface area contributed by atoms with Crippen LogP contribution in [0.2, 0.25) is 0 Å². The van der Waals surface area contributed by atoms with Crippen LogP contribution in [0.5, 0.6) is 5.75 Å². The molecule has 0 unspecified atom stereocenters. The van der Waals surface area contributed by atoms with Gasteiger partial charge in [-0.25, -0.2) is 0 Å². The Kier molecular flexibility index (Phi) is 5.70. The van der Waals surface area contributed by atoms with Crippen molar-refractivity contribution >= 4 is 17.7 Å². The van der Waals surface area contributed by atoms with E-state index in [9.17, 15) is 14.4 Å². The molecule has 4 rings (SSSR count). The molecule has 1 atom stereocenters. The molecular weight excluding hydrogens is 382 g/mol. The largest absolute Gasteiger partial charge is 0.497 e. The molecule has 0 spiro atoms. The van der Waals surface area contributed by atoms with E-state index in [0.717, 1.165) is 29.7 Å². The summed E-state index contributed by atoms with van der Waals surface area (Å²) in [6.07, 6.45) is 1.63. The fraction of sp³-hybridized carbons (Fsp3) is 0.348. The summed E-state index contributed by atoms with van der Waals surface area (Å²) in [5.74, 6) is 0.616. The van der Waals surface area contributed by atoms with Crippen molar-refractivity contribution in [2.24, 2.45) is 0 Å². The number of benzene rings is 2. The van der Waals surface area contributed by atoms with Crippen LogP contribution >= 0.6 is 0 Å². The summed E-state index contributed by atoms with van der Waals surface area (Å²) in [4.78, 5) is 40.7. The Labute approximate surface area is 175 Å². The molecule has 0 radical (unpaired) electrons. The SMILES string of the molecule is COc1cccc(CNC(=O)c2ccc(CN3CC(=O)N4CCC[C@@H]4C3=O)cc2)c1. The Morgan fingerprint density at radius 2 is 1.93 bits per heavy atom. The monoisotopic (exact) mass is 407 g/mol. The lowest BCUT2D eigenvalue weighted by Crippen LogP contribution is -2.56. The third-order valence-corrected chi connectivity index (χ3v) is 5.67. The molecule has 0 aromatic heterocycles. The van der Waals surface area contributed by atoms with Crippen LogP contribution in [0.3, 0.4) is 0 Å². The van der Waals surface area contributed by atoms with Gasteiger partial charge in [0, 0.05) is 25.2 Å². The Morgan fingerprint density at radius 3 is 2.70 bits per heavy atom. The number of nitrogens with zero attached hydrogens (tertiary/aromatic N) is 2. The van der Waals surface area contributed by atoms with Crippen molar-refractivity contribution in [2.45, 2.75) is 32.0 Å². The first-order chi connectivity index (χ1) is 14.5. The Hall–Kier alpha value is -3.35. The van der Waals surface area contributed by atoms with Gasteiger partial charge < -0.3 is 19.9 Å². The second-order valence-electron chi connectivity index (χ2n) is 7.67. The molecule has 2 heterocycles.